The van der Waals surface area contributed by atoms with Crippen LogP contribution < -0.4 is 5.32 Å². The van der Waals surface area contributed by atoms with Gasteiger partial charge in [-0.15, -0.1) is 0 Å². The van der Waals surface area contributed by atoms with Crippen LogP contribution in [-0.2, 0) is 4.79 Å². The SMILES string of the molecule is O=C(NC1CCCCC1)C1=C(O)CCC=C1. The van der Waals surface area contributed by atoms with E-state index >= 15 is 0 Å². The first-order valence-electron chi connectivity index (χ1n) is 6.17. The van der Waals surface area contributed by atoms with Crippen molar-refractivity contribution in [3.8, 4) is 0 Å². The Labute approximate surface area is 96.2 Å². The van der Waals surface area contributed by atoms with E-state index in [4.69, 9.17) is 0 Å². The maximum absolute atomic E-state index is 11.9. The quantitative estimate of drug-likeness (QED) is 0.753. The number of amides is 1. The largest absolute Gasteiger partial charge is 0.511 e. The molecule has 1 amide bonds. The topological polar surface area (TPSA) is 49.3 Å². The first-order chi connectivity index (χ1) is 7.77. The van der Waals surface area contributed by atoms with Crippen molar-refractivity contribution in [2.75, 3.05) is 0 Å². The van der Waals surface area contributed by atoms with Gasteiger partial charge in [-0.2, -0.15) is 0 Å². The molecule has 1 saturated carbocycles. The molecule has 0 aromatic heterocycles. The van der Waals surface area contributed by atoms with Crippen molar-refractivity contribution in [2.45, 2.75) is 51.0 Å². The van der Waals surface area contributed by atoms with E-state index in [0.717, 1.165) is 19.3 Å². The molecule has 0 saturated heterocycles. The second-order valence-corrected chi connectivity index (χ2v) is 4.61. The Hall–Kier alpha value is -1.25. The fraction of sp³-hybridized carbons (Fsp3) is 0.615. The standard InChI is InChI=1S/C13H19NO2/c15-12-9-5-4-8-11(12)13(16)14-10-6-2-1-3-7-10/h4,8,10,15H,1-3,5-7,9H2,(H,14,16). The monoisotopic (exact) mass is 221 g/mol. The second kappa shape index (κ2) is 5.19. The molecular weight excluding hydrogens is 202 g/mol. The molecule has 0 bridgehead atoms. The van der Waals surface area contributed by atoms with Crippen LogP contribution in [0.15, 0.2) is 23.5 Å². The van der Waals surface area contributed by atoms with E-state index in [1.807, 2.05) is 6.08 Å². The Bertz CT molecular complexity index is 325. The van der Waals surface area contributed by atoms with E-state index in [0.29, 0.717) is 18.0 Å². The Morgan fingerprint density at radius 1 is 1.31 bits per heavy atom. The van der Waals surface area contributed by atoms with Gasteiger partial charge in [0.15, 0.2) is 0 Å². The predicted octanol–water partition coefficient (Wildman–Crippen LogP) is 2.60. The molecule has 0 radical (unpaired) electrons. The minimum Gasteiger partial charge on any atom is -0.511 e. The van der Waals surface area contributed by atoms with Crippen LogP contribution in [0.4, 0.5) is 0 Å². The summed E-state index contributed by atoms with van der Waals surface area (Å²) in [4.78, 5) is 11.9. The van der Waals surface area contributed by atoms with Gasteiger partial charge in [0.1, 0.15) is 5.76 Å². The van der Waals surface area contributed by atoms with Gasteiger partial charge in [-0.1, -0.05) is 31.4 Å². The van der Waals surface area contributed by atoms with Crippen LogP contribution >= 0.6 is 0 Å². The number of hydrogen-bond donors (Lipinski definition) is 2. The predicted molar refractivity (Wildman–Crippen MR) is 63.0 cm³/mol. The molecule has 0 spiro atoms. The fourth-order valence-electron chi connectivity index (χ4n) is 2.37. The molecule has 1 fully saturated rings. The van der Waals surface area contributed by atoms with Gasteiger partial charge >= 0.3 is 0 Å². The van der Waals surface area contributed by atoms with Gasteiger partial charge in [-0.3, -0.25) is 4.79 Å². The lowest BCUT2D eigenvalue weighted by Crippen LogP contribution is -2.37. The van der Waals surface area contributed by atoms with Crippen molar-refractivity contribution < 1.29 is 9.90 Å². The third kappa shape index (κ3) is 2.65. The molecule has 0 aliphatic heterocycles. The summed E-state index contributed by atoms with van der Waals surface area (Å²) in [6.45, 7) is 0. The van der Waals surface area contributed by atoms with Crippen LogP contribution in [0.1, 0.15) is 44.9 Å². The molecule has 16 heavy (non-hydrogen) atoms. The van der Waals surface area contributed by atoms with Gasteiger partial charge in [0.25, 0.3) is 5.91 Å². The number of aliphatic hydroxyl groups is 1. The van der Waals surface area contributed by atoms with Crippen LogP contribution in [0.5, 0.6) is 0 Å². The van der Waals surface area contributed by atoms with Crippen LogP contribution in [0.3, 0.4) is 0 Å². The molecule has 0 aromatic carbocycles. The molecule has 0 aromatic rings. The summed E-state index contributed by atoms with van der Waals surface area (Å²) in [7, 11) is 0. The normalized spacial score (nSPS) is 22.2. The van der Waals surface area contributed by atoms with Crippen LogP contribution in [0.25, 0.3) is 0 Å². The van der Waals surface area contributed by atoms with Crippen molar-refractivity contribution >= 4 is 5.91 Å². The van der Waals surface area contributed by atoms with E-state index in [1.54, 1.807) is 6.08 Å². The van der Waals surface area contributed by atoms with Crippen molar-refractivity contribution in [2.24, 2.45) is 0 Å². The zero-order chi connectivity index (χ0) is 11.4. The number of allylic oxidation sites excluding steroid dienone is 2. The van der Waals surface area contributed by atoms with Crippen molar-refractivity contribution in [3.05, 3.63) is 23.5 Å². The minimum atomic E-state index is -0.111. The van der Waals surface area contributed by atoms with Crippen molar-refractivity contribution in [1.29, 1.82) is 0 Å². The Morgan fingerprint density at radius 3 is 2.75 bits per heavy atom. The number of carbonyl (C=O) groups excluding carboxylic acids is 1. The highest BCUT2D eigenvalue weighted by molar-refractivity contribution is 5.97. The zero-order valence-corrected chi connectivity index (χ0v) is 9.54. The van der Waals surface area contributed by atoms with Gasteiger partial charge in [-0.05, 0) is 19.3 Å². The minimum absolute atomic E-state index is 0.111. The lowest BCUT2D eigenvalue weighted by Gasteiger charge is -2.23. The molecule has 0 unspecified atom stereocenters. The number of carbonyl (C=O) groups is 1. The number of nitrogens with one attached hydrogen (secondary N) is 1. The van der Waals surface area contributed by atoms with Crippen molar-refractivity contribution in [3.63, 3.8) is 0 Å². The maximum atomic E-state index is 11.9. The molecule has 2 aliphatic carbocycles. The smallest absolute Gasteiger partial charge is 0.254 e. The summed E-state index contributed by atoms with van der Waals surface area (Å²) >= 11 is 0. The molecule has 88 valence electrons. The molecule has 3 nitrogen and oxygen atoms in total. The summed E-state index contributed by atoms with van der Waals surface area (Å²) in [6, 6.07) is 0.303. The van der Waals surface area contributed by atoms with E-state index in [9.17, 15) is 9.90 Å². The zero-order valence-electron chi connectivity index (χ0n) is 9.54. The van der Waals surface area contributed by atoms with Gasteiger partial charge in [0.2, 0.25) is 0 Å². The molecule has 3 heteroatoms. The Kier molecular flexibility index (Phi) is 3.65. The van der Waals surface area contributed by atoms with Gasteiger partial charge in [0, 0.05) is 12.5 Å². The molecule has 2 N–H and O–H groups in total. The fourth-order valence-corrected chi connectivity index (χ4v) is 2.37. The number of rotatable bonds is 2. The van der Waals surface area contributed by atoms with Crippen LogP contribution in [-0.4, -0.2) is 17.1 Å². The molecule has 2 aliphatic rings. The summed E-state index contributed by atoms with van der Waals surface area (Å²) in [5.74, 6) is 0.121. The Balaban J connectivity index is 1.94. The van der Waals surface area contributed by atoms with E-state index in [1.165, 1.54) is 19.3 Å². The highest BCUT2D eigenvalue weighted by atomic mass is 16.3. The van der Waals surface area contributed by atoms with Gasteiger partial charge in [0.05, 0.1) is 5.57 Å². The molecule has 0 heterocycles. The van der Waals surface area contributed by atoms with Gasteiger partial charge in [-0.25, -0.2) is 0 Å². The van der Waals surface area contributed by atoms with E-state index in [-0.39, 0.29) is 11.7 Å². The second-order valence-electron chi connectivity index (χ2n) is 4.61. The summed E-state index contributed by atoms with van der Waals surface area (Å²) in [5, 5.41) is 12.6. The third-order valence-corrected chi connectivity index (χ3v) is 3.33. The first kappa shape index (κ1) is 11.2. The third-order valence-electron chi connectivity index (χ3n) is 3.33. The number of hydrogen-bond acceptors (Lipinski definition) is 2. The molecular formula is C13H19NO2. The summed E-state index contributed by atoms with van der Waals surface area (Å²) < 4.78 is 0. The van der Waals surface area contributed by atoms with E-state index in [2.05, 4.69) is 5.32 Å². The lowest BCUT2D eigenvalue weighted by atomic mass is 9.95. The summed E-state index contributed by atoms with van der Waals surface area (Å²) in [5.41, 5.74) is 0.455. The summed E-state index contributed by atoms with van der Waals surface area (Å²) in [6.07, 6.45) is 10.9. The van der Waals surface area contributed by atoms with E-state index < -0.39 is 0 Å². The average Bonchev–Trinajstić information content (AvgIpc) is 2.31. The van der Waals surface area contributed by atoms with Crippen LogP contribution in [0, 0.1) is 0 Å². The van der Waals surface area contributed by atoms with Crippen LogP contribution in [0.2, 0.25) is 0 Å². The lowest BCUT2D eigenvalue weighted by molar-refractivity contribution is -0.118. The highest BCUT2D eigenvalue weighted by Crippen LogP contribution is 2.20. The maximum Gasteiger partial charge on any atom is 0.254 e. The van der Waals surface area contributed by atoms with Gasteiger partial charge < -0.3 is 10.4 Å². The molecule has 0 atom stereocenters. The van der Waals surface area contributed by atoms with Crippen molar-refractivity contribution in [1.82, 2.24) is 5.32 Å². The highest BCUT2D eigenvalue weighted by Gasteiger charge is 2.20. The number of aliphatic hydroxyl groups excluding tert-OH is 1. The first-order valence-corrected chi connectivity index (χ1v) is 6.17. The molecule has 2 rings (SSSR count). The Morgan fingerprint density at radius 2 is 2.06 bits per heavy atom. The average molecular weight is 221 g/mol.